The van der Waals surface area contributed by atoms with Crippen LogP contribution in [0, 0.1) is 0 Å². The summed E-state index contributed by atoms with van der Waals surface area (Å²) in [6.45, 7) is 0. The molecular weight excluding hydrogens is 300 g/mol. The number of rotatable bonds is 4. The van der Waals surface area contributed by atoms with E-state index < -0.39 is 0 Å². The monoisotopic (exact) mass is 314 g/mol. The molecule has 1 aliphatic rings. The van der Waals surface area contributed by atoms with Crippen molar-refractivity contribution in [3.63, 3.8) is 0 Å². The summed E-state index contributed by atoms with van der Waals surface area (Å²) in [5.41, 5.74) is 1.38. The predicted octanol–water partition coefficient (Wildman–Crippen LogP) is 4.09. The molecule has 0 amide bonds. The molecule has 0 saturated heterocycles. The van der Waals surface area contributed by atoms with Crippen molar-refractivity contribution < 1.29 is 0 Å². The van der Waals surface area contributed by atoms with Crippen LogP contribution >= 0.6 is 23.1 Å². The van der Waals surface area contributed by atoms with Gasteiger partial charge in [0.15, 0.2) is 5.16 Å². The van der Waals surface area contributed by atoms with Gasteiger partial charge in [0, 0.05) is 11.8 Å². The van der Waals surface area contributed by atoms with Crippen molar-refractivity contribution in [2.75, 3.05) is 0 Å². The number of thiophene rings is 1. The molecule has 0 spiro atoms. The predicted molar refractivity (Wildman–Crippen MR) is 88.2 cm³/mol. The highest BCUT2D eigenvalue weighted by molar-refractivity contribution is 7.98. The molecular formula is C16H14N2OS2. The van der Waals surface area contributed by atoms with Crippen molar-refractivity contribution in [2.24, 2.45) is 0 Å². The van der Waals surface area contributed by atoms with E-state index in [0.29, 0.717) is 6.04 Å². The van der Waals surface area contributed by atoms with Gasteiger partial charge in [-0.2, -0.15) is 0 Å². The van der Waals surface area contributed by atoms with Gasteiger partial charge in [0.05, 0.1) is 5.39 Å². The number of nitrogens with zero attached hydrogens (tertiary/aromatic N) is 2. The largest absolute Gasteiger partial charge is 0.284 e. The number of hydrogen-bond donors (Lipinski definition) is 0. The molecule has 3 nitrogen and oxygen atoms in total. The zero-order chi connectivity index (χ0) is 14.2. The Balaban J connectivity index is 1.73. The normalized spacial score (nSPS) is 14.7. The second-order valence-electron chi connectivity index (χ2n) is 5.21. The summed E-state index contributed by atoms with van der Waals surface area (Å²) in [6.07, 6.45) is 2.19. The molecule has 1 fully saturated rings. The van der Waals surface area contributed by atoms with E-state index in [2.05, 4.69) is 12.1 Å². The van der Waals surface area contributed by atoms with E-state index in [1.807, 2.05) is 34.2 Å². The molecule has 1 aromatic carbocycles. The van der Waals surface area contributed by atoms with Crippen LogP contribution in [-0.4, -0.2) is 9.55 Å². The first-order valence-electron chi connectivity index (χ1n) is 6.99. The average Bonchev–Trinajstić information content (AvgIpc) is 3.23. The van der Waals surface area contributed by atoms with E-state index in [9.17, 15) is 4.79 Å². The minimum atomic E-state index is 0.124. The summed E-state index contributed by atoms with van der Waals surface area (Å²) < 4.78 is 1.91. The highest BCUT2D eigenvalue weighted by atomic mass is 32.2. The Kier molecular flexibility index (Phi) is 3.31. The molecule has 2 aromatic heterocycles. The second-order valence-corrected chi connectivity index (χ2v) is 7.05. The molecule has 0 bridgehead atoms. The third-order valence-electron chi connectivity index (χ3n) is 3.62. The van der Waals surface area contributed by atoms with Gasteiger partial charge in [0.25, 0.3) is 5.56 Å². The lowest BCUT2D eigenvalue weighted by molar-refractivity contribution is 0.619. The van der Waals surface area contributed by atoms with Gasteiger partial charge < -0.3 is 0 Å². The highest BCUT2D eigenvalue weighted by Gasteiger charge is 2.28. The fraction of sp³-hybridized carbons (Fsp3) is 0.250. The van der Waals surface area contributed by atoms with Gasteiger partial charge in [0.2, 0.25) is 0 Å². The van der Waals surface area contributed by atoms with Crippen molar-refractivity contribution in [1.82, 2.24) is 9.55 Å². The van der Waals surface area contributed by atoms with Crippen LogP contribution in [0.5, 0.6) is 0 Å². The third-order valence-corrected chi connectivity index (χ3v) is 5.45. The third kappa shape index (κ3) is 2.51. The van der Waals surface area contributed by atoms with Crippen LogP contribution in [0.25, 0.3) is 10.2 Å². The van der Waals surface area contributed by atoms with E-state index in [1.165, 1.54) is 5.56 Å². The van der Waals surface area contributed by atoms with Gasteiger partial charge in [-0.05, 0) is 29.9 Å². The van der Waals surface area contributed by atoms with Gasteiger partial charge >= 0.3 is 0 Å². The minimum Gasteiger partial charge on any atom is -0.284 e. The van der Waals surface area contributed by atoms with Crippen LogP contribution < -0.4 is 5.56 Å². The molecule has 0 aliphatic heterocycles. The van der Waals surface area contributed by atoms with E-state index in [-0.39, 0.29) is 5.56 Å². The van der Waals surface area contributed by atoms with Crippen LogP contribution in [-0.2, 0) is 5.75 Å². The van der Waals surface area contributed by atoms with Gasteiger partial charge in [0.1, 0.15) is 4.83 Å². The van der Waals surface area contributed by atoms with Crippen LogP contribution in [0.3, 0.4) is 0 Å². The fourth-order valence-corrected chi connectivity index (χ4v) is 4.21. The molecule has 2 heterocycles. The van der Waals surface area contributed by atoms with Gasteiger partial charge in [-0.1, -0.05) is 42.1 Å². The molecule has 106 valence electrons. The summed E-state index contributed by atoms with van der Waals surface area (Å²) in [4.78, 5) is 18.2. The first-order valence-corrected chi connectivity index (χ1v) is 8.86. The zero-order valence-corrected chi connectivity index (χ0v) is 13.0. The molecule has 0 atom stereocenters. The van der Waals surface area contributed by atoms with Crippen LogP contribution in [0.4, 0.5) is 0 Å². The Morgan fingerprint density at radius 1 is 1.24 bits per heavy atom. The van der Waals surface area contributed by atoms with Crippen LogP contribution in [0.1, 0.15) is 24.4 Å². The number of aromatic nitrogens is 2. The maximum absolute atomic E-state index is 12.6. The summed E-state index contributed by atoms with van der Waals surface area (Å²) in [5, 5.41) is 3.57. The Bertz CT molecular complexity index is 834. The average molecular weight is 314 g/mol. The number of thioether (sulfide) groups is 1. The van der Waals surface area contributed by atoms with Gasteiger partial charge in [-0.15, -0.1) is 11.3 Å². The van der Waals surface area contributed by atoms with Gasteiger partial charge in [-0.25, -0.2) is 4.98 Å². The fourth-order valence-electron chi connectivity index (χ4n) is 2.39. The number of fused-ring (bicyclic) bond motifs is 1. The topological polar surface area (TPSA) is 34.9 Å². The summed E-state index contributed by atoms with van der Waals surface area (Å²) in [7, 11) is 0. The molecule has 3 aromatic rings. The van der Waals surface area contributed by atoms with Crippen molar-refractivity contribution in [3.05, 3.63) is 57.7 Å². The first-order chi connectivity index (χ1) is 10.3. The molecule has 0 N–H and O–H groups in total. The number of hydrogen-bond acceptors (Lipinski definition) is 4. The quantitative estimate of drug-likeness (QED) is 0.537. The molecule has 0 unspecified atom stereocenters. The highest BCUT2D eigenvalue weighted by Crippen LogP contribution is 2.37. The van der Waals surface area contributed by atoms with E-state index in [1.54, 1.807) is 23.1 Å². The minimum absolute atomic E-state index is 0.124. The lowest BCUT2D eigenvalue weighted by atomic mass is 10.2. The maximum atomic E-state index is 12.6. The van der Waals surface area contributed by atoms with Crippen molar-refractivity contribution in [2.45, 2.75) is 29.8 Å². The first kappa shape index (κ1) is 13.1. The van der Waals surface area contributed by atoms with E-state index in [0.717, 1.165) is 34.0 Å². The summed E-state index contributed by atoms with van der Waals surface area (Å²) in [6, 6.07) is 12.6. The lowest BCUT2D eigenvalue weighted by Crippen LogP contribution is -2.21. The van der Waals surface area contributed by atoms with Crippen molar-refractivity contribution >= 4 is 33.3 Å². The summed E-state index contributed by atoms with van der Waals surface area (Å²) in [5.74, 6) is 0.844. The smallest absolute Gasteiger partial charge is 0.263 e. The Morgan fingerprint density at radius 3 is 2.81 bits per heavy atom. The number of benzene rings is 1. The molecule has 1 saturated carbocycles. The molecule has 0 radical (unpaired) electrons. The molecule has 5 heteroatoms. The van der Waals surface area contributed by atoms with Crippen LogP contribution in [0.15, 0.2) is 51.7 Å². The SMILES string of the molecule is O=c1c2ccsc2nc(SCc2ccccc2)n1C1CC1. The van der Waals surface area contributed by atoms with E-state index in [4.69, 9.17) is 4.98 Å². The summed E-state index contributed by atoms with van der Waals surface area (Å²) >= 11 is 3.20. The molecule has 4 rings (SSSR count). The standard InChI is InChI=1S/C16H14N2OS2/c19-15-13-8-9-20-14(13)17-16(18(15)12-6-7-12)21-10-11-4-2-1-3-5-11/h1-5,8-9,12H,6-7,10H2. The Labute approximate surface area is 130 Å². The zero-order valence-electron chi connectivity index (χ0n) is 11.4. The van der Waals surface area contributed by atoms with E-state index >= 15 is 0 Å². The van der Waals surface area contributed by atoms with Gasteiger partial charge in [-0.3, -0.25) is 9.36 Å². The lowest BCUT2D eigenvalue weighted by Gasteiger charge is -2.10. The van der Waals surface area contributed by atoms with Crippen molar-refractivity contribution in [3.8, 4) is 0 Å². The Hall–Kier alpha value is -1.59. The second kappa shape index (κ2) is 5.31. The van der Waals surface area contributed by atoms with Crippen LogP contribution in [0.2, 0.25) is 0 Å². The maximum Gasteiger partial charge on any atom is 0.263 e. The Morgan fingerprint density at radius 2 is 2.05 bits per heavy atom. The molecule has 21 heavy (non-hydrogen) atoms. The van der Waals surface area contributed by atoms with Crippen molar-refractivity contribution in [1.29, 1.82) is 0 Å². The molecule has 1 aliphatic carbocycles.